The molecule has 0 bridgehead atoms. The molecule has 9 nitrogen and oxygen atoms in total. The number of hydrogen-bond donors (Lipinski definition) is 1. The number of hydrogen-bond acceptors (Lipinski definition) is 6. The van der Waals surface area contributed by atoms with Crippen LogP contribution in [0.4, 0.5) is 5.69 Å². The van der Waals surface area contributed by atoms with Crippen molar-refractivity contribution in [3.8, 4) is 56.9 Å². The van der Waals surface area contributed by atoms with Crippen LogP contribution in [-0.2, 0) is 0 Å². The highest BCUT2D eigenvalue weighted by atomic mass is 15.3. The van der Waals surface area contributed by atoms with Gasteiger partial charge in [0.15, 0.2) is 23.3 Å². The topological polar surface area (TPSA) is 101 Å². The van der Waals surface area contributed by atoms with Crippen molar-refractivity contribution in [1.29, 1.82) is 5.41 Å². The minimum absolute atomic E-state index is 0.210. The molecule has 1 N–H and O–H groups in total. The van der Waals surface area contributed by atoms with Crippen molar-refractivity contribution >= 4 is 17.4 Å². The van der Waals surface area contributed by atoms with E-state index in [4.69, 9.17) is 25.4 Å². The van der Waals surface area contributed by atoms with E-state index in [1.165, 1.54) is 0 Å². The molecule has 9 rings (SSSR count). The van der Waals surface area contributed by atoms with Crippen molar-refractivity contribution in [3.63, 3.8) is 0 Å². The zero-order valence-electron chi connectivity index (χ0n) is 31.6. The molecular weight excluding hydrogens is 715 g/mol. The van der Waals surface area contributed by atoms with Gasteiger partial charge < -0.3 is 0 Å². The number of aromatic nitrogens is 6. The number of anilines is 1. The summed E-state index contributed by atoms with van der Waals surface area (Å²) in [5.41, 5.74) is 7.41. The summed E-state index contributed by atoms with van der Waals surface area (Å²) < 4.78 is 4.13. The first-order chi connectivity index (χ1) is 28.7. The summed E-state index contributed by atoms with van der Waals surface area (Å²) in [5, 5.41) is 29.4. The Morgan fingerprint density at radius 2 is 0.793 bits per heavy atom. The van der Waals surface area contributed by atoms with E-state index in [1.807, 2.05) is 199 Å². The Morgan fingerprint density at radius 3 is 1.21 bits per heavy atom. The van der Waals surface area contributed by atoms with Crippen LogP contribution in [0.5, 0.6) is 0 Å². The quantitative estimate of drug-likeness (QED) is 0.117. The van der Waals surface area contributed by atoms with Gasteiger partial charge in [0.25, 0.3) is 0 Å². The lowest BCUT2D eigenvalue weighted by Gasteiger charge is -2.27. The van der Waals surface area contributed by atoms with Crippen LogP contribution >= 0.6 is 0 Å². The van der Waals surface area contributed by atoms with Crippen LogP contribution in [0.2, 0.25) is 0 Å². The number of benzene rings is 7. The van der Waals surface area contributed by atoms with E-state index in [2.05, 4.69) is 15.2 Å². The molecule has 0 saturated heterocycles. The Balaban J connectivity index is 1.31. The molecule has 2 aromatic heterocycles. The van der Waals surface area contributed by atoms with Gasteiger partial charge in [0.05, 0.1) is 0 Å². The molecule has 0 fully saturated rings. The first kappa shape index (κ1) is 35.6. The predicted molar refractivity (Wildman–Crippen MR) is 233 cm³/mol. The fourth-order valence-corrected chi connectivity index (χ4v) is 7.17. The van der Waals surface area contributed by atoms with E-state index in [1.54, 1.807) is 7.05 Å². The SMILES string of the molecule is CN=C(c1ccccc1)N(C(=N)c1cc(-c2nnc(-c3ccccc3)n2-c2ccccc2)cc(-c2nnc(-c3ccccc3)n2-c2ccccc2)c1)c1ccccc1. The molecule has 278 valence electrons. The lowest BCUT2D eigenvalue weighted by Crippen LogP contribution is -2.37. The molecular formula is C49H37N9. The number of nitrogens with zero attached hydrogens (tertiary/aromatic N) is 8. The number of aliphatic imine (C=N–C) groups is 1. The Morgan fingerprint density at radius 1 is 0.431 bits per heavy atom. The smallest absolute Gasteiger partial charge is 0.168 e. The maximum Gasteiger partial charge on any atom is 0.168 e. The maximum atomic E-state index is 10.1. The van der Waals surface area contributed by atoms with Crippen LogP contribution in [0.3, 0.4) is 0 Å². The van der Waals surface area contributed by atoms with Crippen molar-refractivity contribution in [2.24, 2.45) is 4.99 Å². The molecule has 0 radical (unpaired) electrons. The first-order valence-electron chi connectivity index (χ1n) is 18.9. The van der Waals surface area contributed by atoms with Gasteiger partial charge in [-0.2, -0.15) is 0 Å². The van der Waals surface area contributed by atoms with E-state index < -0.39 is 0 Å². The van der Waals surface area contributed by atoms with Gasteiger partial charge in [-0.3, -0.25) is 24.4 Å². The monoisotopic (exact) mass is 751 g/mol. The molecule has 0 spiro atoms. The molecule has 0 amide bonds. The Bertz CT molecular complexity index is 2700. The van der Waals surface area contributed by atoms with Crippen molar-refractivity contribution in [2.75, 3.05) is 11.9 Å². The van der Waals surface area contributed by atoms with Crippen molar-refractivity contribution in [2.45, 2.75) is 0 Å². The minimum Gasteiger partial charge on any atom is -0.284 e. The summed E-state index contributed by atoms with van der Waals surface area (Å²) >= 11 is 0. The lowest BCUT2D eigenvalue weighted by atomic mass is 10.0. The van der Waals surface area contributed by atoms with Crippen LogP contribution in [0.1, 0.15) is 11.1 Å². The van der Waals surface area contributed by atoms with Crippen molar-refractivity contribution in [1.82, 2.24) is 29.5 Å². The lowest BCUT2D eigenvalue weighted by molar-refractivity contribution is 1.06. The van der Waals surface area contributed by atoms with Gasteiger partial charge in [-0.05, 0) is 54.6 Å². The van der Waals surface area contributed by atoms with Gasteiger partial charge >= 0.3 is 0 Å². The third kappa shape index (κ3) is 6.88. The predicted octanol–water partition coefficient (Wildman–Crippen LogP) is 10.4. The number of amidine groups is 2. The number of para-hydroxylation sites is 3. The second kappa shape index (κ2) is 16.0. The van der Waals surface area contributed by atoms with Crippen molar-refractivity contribution in [3.05, 3.63) is 211 Å². The molecule has 58 heavy (non-hydrogen) atoms. The van der Waals surface area contributed by atoms with Crippen LogP contribution in [-0.4, -0.2) is 48.2 Å². The standard InChI is InChI=1S/C49H37N9/c1-51-45(35-20-8-2-9-21-35)56(41-26-14-5-15-27-41)44(50)38-32-39(48-54-52-46(36-22-10-3-11-23-36)57(48)42-28-16-6-17-29-42)34-40(33-38)49-55-53-47(37-24-12-4-13-25-37)58(49)43-30-18-7-19-31-43/h2-34,50H,1H3. The summed E-state index contributed by atoms with van der Waals surface area (Å²) in [5.74, 6) is 3.43. The minimum atomic E-state index is 0.210. The van der Waals surface area contributed by atoms with Gasteiger partial charge in [0.2, 0.25) is 0 Å². The van der Waals surface area contributed by atoms with Gasteiger partial charge in [-0.1, -0.05) is 146 Å². The number of rotatable bonds is 9. The molecule has 0 unspecified atom stereocenters. The fraction of sp³-hybridized carbons (Fsp3) is 0.0204. The molecule has 0 aliphatic carbocycles. The van der Waals surface area contributed by atoms with Crippen LogP contribution in [0, 0.1) is 5.41 Å². The Kier molecular flexibility index (Phi) is 9.82. The van der Waals surface area contributed by atoms with Gasteiger partial charge in [-0.25, -0.2) is 0 Å². The molecule has 0 aliphatic rings. The third-order valence-corrected chi connectivity index (χ3v) is 9.84. The molecule has 9 heteroatoms. The van der Waals surface area contributed by atoms with Crippen molar-refractivity contribution < 1.29 is 0 Å². The molecule has 7 aromatic carbocycles. The largest absolute Gasteiger partial charge is 0.284 e. The Labute approximate surface area is 336 Å². The summed E-state index contributed by atoms with van der Waals surface area (Å²) in [6, 6.07) is 66.2. The average molecular weight is 752 g/mol. The van der Waals surface area contributed by atoms with E-state index in [-0.39, 0.29) is 5.84 Å². The van der Waals surface area contributed by atoms with E-state index >= 15 is 0 Å². The van der Waals surface area contributed by atoms with Crippen LogP contribution < -0.4 is 4.90 Å². The highest BCUT2D eigenvalue weighted by Crippen LogP contribution is 2.35. The molecule has 0 aliphatic heterocycles. The summed E-state index contributed by atoms with van der Waals surface area (Å²) in [6.07, 6.45) is 0. The summed E-state index contributed by atoms with van der Waals surface area (Å²) in [6.45, 7) is 0. The molecule has 0 atom stereocenters. The zero-order chi connectivity index (χ0) is 39.3. The van der Waals surface area contributed by atoms with E-state index in [0.29, 0.717) is 34.7 Å². The highest BCUT2D eigenvalue weighted by molar-refractivity contribution is 6.28. The van der Waals surface area contributed by atoms with Gasteiger partial charge in [0, 0.05) is 57.5 Å². The van der Waals surface area contributed by atoms with Crippen LogP contribution in [0.25, 0.3) is 56.9 Å². The second-order valence-electron chi connectivity index (χ2n) is 13.5. The van der Waals surface area contributed by atoms with Gasteiger partial charge in [0.1, 0.15) is 11.7 Å². The Hall–Kier alpha value is -8.04. The first-order valence-corrected chi connectivity index (χ1v) is 18.9. The average Bonchev–Trinajstić information content (AvgIpc) is 3.96. The molecule has 2 heterocycles. The van der Waals surface area contributed by atoms with Crippen LogP contribution in [0.15, 0.2) is 205 Å². The summed E-state index contributed by atoms with van der Waals surface area (Å²) in [7, 11) is 1.76. The molecule has 9 aromatic rings. The third-order valence-electron chi connectivity index (χ3n) is 9.84. The fourth-order valence-electron chi connectivity index (χ4n) is 7.17. The maximum absolute atomic E-state index is 10.1. The number of nitrogens with one attached hydrogen (secondary N) is 1. The summed E-state index contributed by atoms with van der Waals surface area (Å²) in [4.78, 5) is 6.65. The normalized spacial score (nSPS) is 11.4. The second-order valence-corrected chi connectivity index (χ2v) is 13.5. The highest BCUT2D eigenvalue weighted by Gasteiger charge is 2.26. The molecule has 0 saturated carbocycles. The van der Waals surface area contributed by atoms with Gasteiger partial charge in [-0.15, -0.1) is 20.4 Å². The zero-order valence-corrected chi connectivity index (χ0v) is 31.6. The van der Waals surface area contributed by atoms with E-state index in [0.717, 1.165) is 44.9 Å². The van der Waals surface area contributed by atoms with E-state index in [9.17, 15) is 5.41 Å².